The summed E-state index contributed by atoms with van der Waals surface area (Å²) in [6, 6.07) is 11.8. The molecule has 0 saturated carbocycles. The van der Waals surface area contributed by atoms with E-state index in [9.17, 15) is 4.79 Å². The highest BCUT2D eigenvalue weighted by Crippen LogP contribution is 2.25. The summed E-state index contributed by atoms with van der Waals surface area (Å²) < 4.78 is 1.84. The first-order valence-corrected chi connectivity index (χ1v) is 7.80. The summed E-state index contributed by atoms with van der Waals surface area (Å²) >= 11 is 3.50. The van der Waals surface area contributed by atoms with Crippen LogP contribution in [0.15, 0.2) is 41.2 Å². The second-order valence-corrected chi connectivity index (χ2v) is 5.80. The van der Waals surface area contributed by atoms with Crippen LogP contribution in [0.4, 0.5) is 5.69 Å². The molecule has 4 rings (SSSR count). The van der Waals surface area contributed by atoms with E-state index in [1.165, 1.54) is 5.22 Å². The van der Waals surface area contributed by atoms with E-state index < -0.39 is 0 Å². The zero-order chi connectivity index (χ0) is 13.7. The van der Waals surface area contributed by atoms with E-state index >= 15 is 0 Å². The minimum absolute atomic E-state index is 0.0419. The summed E-state index contributed by atoms with van der Waals surface area (Å²) in [5.41, 5.74) is 3.24. The molecule has 0 atom stereocenters. The molecule has 2 aromatic heterocycles. The first-order valence-electron chi connectivity index (χ1n) is 6.68. The van der Waals surface area contributed by atoms with Gasteiger partial charge in [0.05, 0.1) is 16.7 Å². The molecule has 0 fully saturated rings. The Bertz CT molecular complexity index is 929. The maximum Gasteiger partial charge on any atom is 0.255 e. The number of fused-ring (bicyclic) bond motifs is 3. The minimum atomic E-state index is 0.0419. The Morgan fingerprint density at radius 3 is 2.85 bits per heavy atom. The third kappa shape index (κ3) is 1.48. The molecule has 20 heavy (non-hydrogen) atoms. The van der Waals surface area contributed by atoms with Crippen molar-refractivity contribution in [3.8, 4) is 0 Å². The second kappa shape index (κ2) is 4.35. The molecule has 1 aromatic carbocycles. The second-order valence-electron chi connectivity index (χ2n) is 5.01. The summed E-state index contributed by atoms with van der Waals surface area (Å²) in [6.07, 6.45) is 2.23. The maximum atomic E-state index is 12.3. The largest absolute Gasteiger partial charge is 0.365 e. The number of para-hydroxylation sites is 1. The van der Waals surface area contributed by atoms with Crippen molar-refractivity contribution < 1.29 is 0 Å². The van der Waals surface area contributed by atoms with Crippen LogP contribution < -0.4 is 15.7 Å². The number of hydrogen-bond acceptors (Lipinski definition) is 2. The van der Waals surface area contributed by atoms with Gasteiger partial charge in [-0.3, -0.25) is 9.20 Å². The van der Waals surface area contributed by atoms with Gasteiger partial charge in [0.15, 0.2) is 0 Å². The monoisotopic (exact) mass is 328 g/mol. The van der Waals surface area contributed by atoms with Crippen molar-refractivity contribution in [1.82, 2.24) is 4.40 Å². The van der Waals surface area contributed by atoms with Gasteiger partial charge in [-0.25, -0.2) is 0 Å². The lowest BCUT2D eigenvalue weighted by molar-refractivity contribution is 0.925. The fraction of sp³-hybridized carbons (Fsp3) is 0.188. The van der Waals surface area contributed by atoms with Crippen LogP contribution in [0.1, 0.15) is 0 Å². The van der Waals surface area contributed by atoms with E-state index in [0.717, 1.165) is 40.5 Å². The van der Waals surface area contributed by atoms with Crippen LogP contribution in [-0.2, 0) is 0 Å². The Labute approximate surface area is 124 Å². The lowest BCUT2D eigenvalue weighted by atomic mass is 10.1. The van der Waals surface area contributed by atoms with Crippen molar-refractivity contribution in [2.75, 3.05) is 23.3 Å². The Hall–Kier alpha value is -1.81. The number of benzene rings is 1. The fourth-order valence-corrected chi connectivity index (χ4v) is 3.55. The Morgan fingerprint density at radius 2 is 2.00 bits per heavy atom. The van der Waals surface area contributed by atoms with Crippen molar-refractivity contribution >= 4 is 44.1 Å². The standard InChI is InChI=1S/C16H13BrN2O/c17-8-10-18-9-7-12-11-3-1-2-4-13(11)19-15(20)6-5-14(18)16(12)19/h1-7H,8-10H2. The molecule has 0 N–H and O–H groups in total. The van der Waals surface area contributed by atoms with Gasteiger partial charge in [0, 0.05) is 35.1 Å². The zero-order valence-electron chi connectivity index (χ0n) is 10.8. The van der Waals surface area contributed by atoms with Crippen molar-refractivity contribution in [2.45, 2.75) is 0 Å². The molecule has 100 valence electrons. The van der Waals surface area contributed by atoms with Crippen molar-refractivity contribution in [3.63, 3.8) is 0 Å². The van der Waals surface area contributed by atoms with Crippen LogP contribution in [0.3, 0.4) is 0 Å². The number of rotatable bonds is 2. The number of anilines is 1. The molecule has 0 spiro atoms. The third-order valence-corrected chi connectivity index (χ3v) is 4.33. The van der Waals surface area contributed by atoms with Crippen molar-refractivity contribution in [1.29, 1.82) is 0 Å². The number of alkyl halides is 1. The van der Waals surface area contributed by atoms with Crippen molar-refractivity contribution in [3.05, 3.63) is 52.0 Å². The highest BCUT2D eigenvalue weighted by Gasteiger charge is 2.19. The molecule has 4 heteroatoms. The van der Waals surface area contributed by atoms with Crippen LogP contribution in [-0.4, -0.2) is 22.8 Å². The summed E-state index contributed by atoms with van der Waals surface area (Å²) in [7, 11) is 0. The first-order chi connectivity index (χ1) is 9.81. The van der Waals surface area contributed by atoms with Crippen molar-refractivity contribution in [2.24, 2.45) is 0 Å². The number of aromatic nitrogens is 1. The van der Waals surface area contributed by atoms with E-state index in [1.807, 2.05) is 28.7 Å². The Morgan fingerprint density at radius 1 is 1.15 bits per heavy atom. The number of pyridine rings is 1. The van der Waals surface area contributed by atoms with Crippen LogP contribution >= 0.6 is 15.9 Å². The molecular formula is C16H13BrN2O. The molecule has 1 aliphatic heterocycles. The molecule has 3 nitrogen and oxygen atoms in total. The average Bonchev–Trinajstić information content (AvgIpc) is 2.81. The molecular weight excluding hydrogens is 316 g/mol. The molecule has 3 heterocycles. The van der Waals surface area contributed by atoms with Gasteiger partial charge < -0.3 is 4.90 Å². The van der Waals surface area contributed by atoms with Gasteiger partial charge in [0.25, 0.3) is 5.56 Å². The summed E-state index contributed by atoms with van der Waals surface area (Å²) in [5.74, 6) is 0. The predicted octanol–water partition coefficient (Wildman–Crippen LogP) is 2.17. The van der Waals surface area contributed by atoms with Gasteiger partial charge in [-0.1, -0.05) is 40.2 Å². The van der Waals surface area contributed by atoms with E-state index in [0.29, 0.717) is 0 Å². The smallest absolute Gasteiger partial charge is 0.255 e. The molecule has 0 aliphatic carbocycles. The molecule has 3 aromatic rings. The van der Waals surface area contributed by atoms with Gasteiger partial charge in [-0.15, -0.1) is 0 Å². The van der Waals surface area contributed by atoms with Crippen LogP contribution in [0, 0.1) is 0 Å². The maximum absolute atomic E-state index is 12.3. The molecule has 0 radical (unpaired) electrons. The molecule has 0 amide bonds. The van der Waals surface area contributed by atoms with E-state index in [2.05, 4.69) is 33.0 Å². The fourth-order valence-electron chi connectivity index (χ4n) is 3.13. The quantitative estimate of drug-likeness (QED) is 0.673. The normalized spacial score (nSPS) is 13.9. The molecule has 0 bridgehead atoms. The van der Waals surface area contributed by atoms with Gasteiger partial charge in [-0.05, 0) is 12.1 Å². The molecule has 1 aliphatic rings. The van der Waals surface area contributed by atoms with Gasteiger partial charge in [0.1, 0.15) is 0 Å². The van der Waals surface area contributed by atoms with Crippen LogP contribution in [0.5, 0.6) is 0 Å². The lowest BCUT2D eigenvalue weighted by Gasteiger charge is -2.25. The number of halogens is 1. The highest BCUT2D eigenvalue weighted by molar-refractivity contribution is 9.09. The number of hydrogen-bond donors (Lipinski definition) is 0. The van der Waals surface area contributed by atoms with E-state index in [1.54, 1.807) is 6.07 Å². The van der Waals surface area contributed by atoms with Crippen LogP contribution in [0.25, 0.3) is 22.5 Å². The topological polar surface area (TPSA) is 24.7 Å². The summed E-state index contributed by atoms with van der Waals surface area (Å²) in [6.45, 7) is 1.83. The zero-order valence-corrected chi connectivity index (χ0v) is 12.4. The van der Waals surface area contributed by atoms with Gasteiger partial charge in [0.2, 0.25) is 0 Å². The Kier molecular flexibility index (Phi) is 2.60. The minimum Gasteiger partial charge on any atom is -0.365 e. The van der Waals surface area contributed by atoms with E-state index in [4.69, 9.17) is 0 Å². The summed E-state index contributed by atoms with van der Waals surface area (Å²) in [5, 5.41) is 3.27. The van der Waals surface area contributed by atoms with Crippen LogP contribution in [0.2, 0.25) is 0 Å². The number of nitrogens with zero attached hydrogens (tertiary/aromatic N) is 2. The third-order valence-electron chi connectivity index (χ3n) is 3.97. The first kappa shape index (κ1) is 12.0. The Balaban J connectivity index is 2.23. The lowest BCUT2D eigenvalue weighted by Crippen LogP contribution is -2.32. The average molecular weight is 329 g/mol. The predicted molar refractivity (Wildman–Crippen MR) is 86.9 cm³/mol. The molecule has 0 unspecified atom stereocenters. The van der Waals surface area contributed by atoms with Gasteiger partial charge >= 0.3 is 0 Å². The summed E-state index contributed by atoms with van der Waals surface area (Å²) in [4.78, 5) is 14.6. The highest BCUT2D eigenvalue weighted by atomic mass is 79.9. The SMILES string of the molecule is O=c1ccc2c3c(c4ccccc4n13)=CCN2CCBr. The van der Waals surface area contributed by atoms with Gasteiger partial charge in [-0.2, -0.15) is 0 Å². The van der Waals surface area contributed by atoms with E-state index in [-0.39, 0.29) is 5.56 Å². The molecule has 0 saturated heterocycles.